The number of amides is 1. The zero-order valence-corrected chi connectivity index (χ0v) is 17.5. The third-order valence-electron chi connectivity index (χ3n) is 8.97. The van der Waals surface area contributed by atoms with Crippen molar-refractivity contribution in [3.63, 3.8) is 0 Å². The van der Waals surface area contributed by atoms with Crippen LogP contribution in [0, 0.1) is 34.5 Å². The van der Waals surface area contributed by atoms with Crippen molar-refractivity contribution in [2.45, 2.75) is 66.2 Å². The summed E-state index contributed by atoms with van der Waals surface area (Å²) in [4.78, 5) is 27.2. The van der Waals surface area contributed by atoms with Crippen molar-refractivity contribution in [2.75, 3.05) is 19.6 Å². The van der Waals surface area contributed by atoms with Crippen LogP contribution in [0.1, 0.15) is 66.2 Å². The average molecular weight is 373 g/mol. The molecular weight excluding hydrogens is 336 g/mol. The van der Waals surface area contributed by atoms with E-state index in [0.717, 1.165) is 38.9 Å². The smallest absolute Gasteiger partial charge is 0.226 e. The van der Waals surface area contributed by atoms with Crippen LogP contribution in [0.25, 0.3) is 0 Å². The van der Waals surface area contributed by atoms with Gasteiger partial charge in [-0.3, -0.25) is 9.59 Å². The van der Waals surface area contributed by atoms with Crippen LogP contribution >= 0.6 is 0 Å². The van der Waals surface area contributed by atoms with Crippen LogP contribution in [0.3, 0.4) is 0 Å². The van der Waals surface area contributed by atoms with Gasteiger partial charge in [-0.2, -0.15) is 0 Å². The van der Waals surface area contributed by atoms with E-state index in [4.69, 9.17) is 0 Å². The quantitative estimate of drug-likeness (QED) is 0.820. The zero-order chi connectivity index (χ0) is 19.4. The second kappa shape index (κ2) is 6.63. The average Bonchev–Trinajstić information content (AvgIpc) is 3.00. The molecule has 4 aliphatic rings. The highest BCUT2D eigenvalue weighted by Crippen LogP contribution is 2.64. The van der Waals surface area contributed by atoms with Gasteiger partial charge in [0.25, 0.3) is 0 Å². The molecule has 0 bridgehead atoms. The molecule has 4 heteroatoms. The molecule has 1 aliphatic heterocycles. The number of carbonyl (C=O) groups is 2. The number of hydrogen-bond donors (Lipinski definition) is 1. The first-order valence-corrected chi connectivity index (χ1v) is 11.1. The summed E-state index contributed by atoms with van der Waals surface area (Å²) in [6.45, 7) is 11.6. The van der Waals surface area contributed by atoms with Gasteiger partial charge in [0.05, 0.1) is 0 Å². The van der Waals surface area contributed by atoms with Gasteiger partial charge in [-0.1, -0.05) is 13.8 Å². The van der Waals surface area contributed by atoms with Gasteiger partial charge in [-0.25, -0.2) is 0 Å². The van der Waals surface area contributed by atoms with Gasteiger partial charge in [-0.15, -0.1) is 0 Å². The van der Waals surface area contributed by atoms with Crippen molar-refractivity contribution in [2.24, 2.45) is 34.5 Å². The minimum atomic E-state index is 0.124. The highest BCUT2D eigenvalue weighted by molar-refractivity contribution is 5.91. The standard InChI is InChI=1S/C23H36N2O2/c1-5-25(6-2)21(27)19-8-7-17-16-14-24-20-13-15(26)9-11-23(20,4)18(16)10-12-22(17,19)3/h13,16-19,24H,5-12,14H2,1-4H3/t16-,17-,18-,19?,22-,23+/m0/s1. The Kier molecular flexibility index (Phi) is 4.67. The molecule has 6 atom stereocenters. The lowest BCUT2D eigenvalue weighted by molar-refractivity contribution is -0.142. The number of hydrogen-bond acceptors (Lipinski definition) is 3. The summed E-state index contributed by atoms with van der Waals surface area (Å²) in [5.74, 6) is 2.78. The molecule has 0 aromatic carbocycles. The minimum absolute atomic E-state index is 0.124. The highest BCUT2D eigenvalue weighted by atomic mass is 16.2. The van der Waals surface area contributed by atoms with E-state index in [0.29, 0.717) is 30.1 Å². The van der Waals surface area contributed by atoms with Gasteiger partial charge in [0.15, 0.2) is 5.78 Å². The number of piperidine rings is 1. The number of nitrogens with one attached hydrogen (secondary N) is 1. The van der Waals surface area contributed by atoms with Gasteiger partial charge in [0.2, 0.25) is 5.91 Å². The Balaban J connectivity index is 1.60. The van der Waals surface area contributed by atoms with Gasteiger partial charge < -0.3 is 10.2 Å². The predicted octanol–water partition coefficient (Wildman–Crippen LogP) is 3.77. The molecule has 4 rings (SSSR count). The second-order valence-electron chi connectivity index (χ2n) is 9.88. The molecule has 1 saturated heterocycles. The normalized spacial score (nSPS) is 43.1. The number of fused-ring (bicyclic) bond motifs is 5. The van der Waals surface area contributed by atoms with Crippen molar-refractivity contribution in [3.05, 3.63) is 11.8 Å². The predicted molar refractivity (Wildman–Crippen MR) is 107 cm³/mol. The van der Waals surface area contributed by atoms with E-state index < -0.39 is 0 Å². The first kappa shape index (κ1) is 19.0. The fourth-order valence-corrected chi connectivity index (χ4v) is 7.31. The lowest BCUT2D eigenvalue weighted by atomic mass is 9.50. The number of rotatable bonds is 3. The van der Waals surface area contributed by atoms with Crippen LogP contribution in [-0.4, -0.2) is 36.2 Å². The van der Waals surface area contributed by atoms with E-state index in [-0.39, 0.29) is 22.5 Å². The lowest BCUT2D eigenvalue weighted by Gasteiger charge is -2.58. The molecule has 4 nitrogen and oxygen atoms in total. The van der Waals surface area contributed by atoms with Crippen LogP contribution < -0.4 is 5.32 Å². The SMILES string of the molecule is CCN(CC)C(=O)C1CC[C@H]2[C@@H]3CNC4=CC(=O)CC[C@]4(C)[C@H]3CC[C@]12C. The third kappa shape index (κ3) is 2.69. The molecule has 27 heavy (non-hydrogen) atoms. The van der Waals surface area contributed by atoms with Crippen LogP contribution in [0.5, 0.6) is 0 Å². The van der Waals surface area contributed by atoms with Crippen LogP contribution in [0.4, 0.5) is 0 Å². The van der Waals surface area contributed by atoms with Crippen molar-refractivity contribution in [3.8, 4) is 0 Å². The molecule has 1 unspecified atom stereocenters. The molecule has 1 N–H and O–H groups in total. The Morgan fingerprint density at radius 2 is 1.89 bits per heavy atom. The van der Waals surface area contributed by atoms with E-state index in [1.165, 1.54) is 18.5 Å². The van der Waals surface area contributed by atoms with E-state index >= 15 is 0 Å². The third-order valence-corrected chi connectivity index (χ3v) is 8.97. The summed E-state index contributed by atoms with van der Waals surface area (Å²) < 4.78 is 0. The maximum Gasteiger partial charge on any atom is 0.226 e. The van der Waals surface area contributed by atoms with Crippen LogP contribution in [0.15, 0.2) is 11.8 Å². The molecule has 1 amide bonds. The Bertz CT molecular complexity index is 667. The first-order chi connectivity index (χ1) is 12.8. The molecule has 0 aromatic heterocycles. The number of allylic oxidation sites excluding steroid dienone is 2. The zero-order valence-electron chi connectivity index (χ0n) is 17.5. The van der Waals surface area contributed by atoms with Crippen LogP contribution in [-0.2, 0) is 9.59 Å². The van der Waals surface area contributed by atoms with Crippen LogP contribution in [0.2, 0.25) is 0 Å². The Hall–Kier alpha value is -1.32. The molecule has 3 aliphatic carbocycles. The molecular formula is C23H36N2O2. The fourth-order valence-electron chi connectivity index (χ4n) is 7.31. The fraction of sp³-hybridized carbons (Fsp3) is 0.826. The second-order valence-corrected chi connectivity index (χ2v) is 9.88. The van der Waals surface area contributed by atoms with Gasteiger partial charge >= 0.3 is 0 Å². The summed E-state index contributed by atoms with van der Waals surface area (Å²) in [5.41, 5.74) is 1.46. The van der Waals surface area contributed by atoms with Crippen molar-refractivity contribution < 1.29 is 9.59 Å². The highest BCUT2D eigenvalue weighted by Gasteiger charge is 2.60. The Morgan fingerprint density at radius 3 is 2.59 bits per heavy atom. The molecule has 3 fully saturated rings. The van der Waals surface area contributed by atoms with E-state index in [2.05, 4.69) is 33.0 Å². The summed E-state index contributed by atoms with van der Waals surface area (Å²) in [6.07, 6.45) is 8.15. The molecule has 0 spiro atoms. The largest absolute Gasteiger partial charge is 0.387 e. The van der Waals surface area contributed by atoms with Crippen molar-refractivity contribution in [1.29, 1.82) is 0 Å². The van der Waals surface area contributed by atoms with E-state index in [1.807, 2.05) is 11.0 Å². The molecule has 1 heterocycles. The lowest BCUT2D eigenvalue weighted by Crippen LogP contribution is -2.57. The summed E-state index contributed by atoms with van der Waals surface area (Å²) >= 11 is 0. The molecule has 0 radical (unpaired) electrons. The molecule has 0 aromatic rings. The monoisotopic (exact) mass is 372 g/mol. The first-order valence-electron chi connectivity index (χ1n) is 11.1. The summed E-state index contributed by atoms with van der Waals surface area (Å²) in [6, 6.07) is 0. The van der Waals surface area contributed by atoms with Gasteiger partial charge in [-0.05, 0) is 69.1 Å². The topological polar surface area (TPSA) is 49.4 Å². The molecule has 2 saturated carbocycles. The number of nitrogens with zero attached hydrogens (tertiary/aromatic N) is 1. The van der Waals surface area contributed by atoms with Crippen molar-refractivity contribution in [1.82, 2.24) is 10.2 Å². The maximum absolute atomic E-state index is 13.2. The minimum Gasteiger partial charge on any atom is -0.387 e. The van der Waals surface area contributed by atoms with Gasteiger partial charge in [0, 0.05) is 49.2 Å². The summed E-state index contributed by atoms with van der Waals surface area (Å²) in [5, 5.41) is 3.66. The Morgan fingerprint density at radius 1 is 1.15 bits per heavy atom. The van der Waals surface area contributed by atoms with E-state index in [9.17, 15) is 9.59 Å². The summed E-state index contributed by atoms with van der Waals surface area (Å²) in [7, 11) is 0. The van der Waals surface area contributed by atoms with Crippen molar-refractivity contribution >= 4 is 11.7 Å². The Labute approximate surface area is 164 Å². The number of carbonyl (C=O) groups excluding carboxylic acids is 2. The van der Waals surface area contributed by atoms with E-state index in [1.54, 1.807) is 0 Å². The maximum atomic E-state index is 13.2. The number of ketones is 1. The van der Waals surface area contributed by atoms with Gasteiger partial charge in [0.1, 0.15) is 0 Å². The molecule has 150 valence electrons.